The van der Waals surface area contributed by atoms with Gasteiger partial charge in [-0.25, -0.2) is 0 Å². The molecular formula is C12H9Cl2NO2. The lowest BCUT2D eigenvalue weighted by Crippen LogP contribution is -2.11. The fourth-order valence-electron chi connectivity index (χ4n) is 1.57. The molecule has 5 heteroatoms. The van der Waals surface area contributed by atoms with Gasteiger partial charge in [-0.15, -0.1) is 0 Å². The van der Waals surface area contributed by atoms with E-state index >= 15 is 0 Å². The van der Waals surface area contributed by atoms with E-state index in [4.69, 9.17) is 28.3 Å². The van der Waals surface area contributed by atoms with Crippen molar-refractivity contribution in [3.05, 3.63) is 56.4 Å². The van der Waals surface area contributed by atoms with Crippen molar-refractivity contribution in [3.63, 3.8) is 0 Å². The third kappa shape index (κ3) is 2.36. The second-order valence-electron chi connectivity index (χ2n) is 3.50. The molecule has 17 heavy (non-hydrogen) atoms. The number of halogens is 2. The lowest BCUT2D eigenvalue weighted by atomic mass is 10.1. The van der Waals surface area contributed by atoms with Crippen LogP contribution >= 0.6 is 23.2 Å². The second kappa shape index (κ2) is 4.92. The van der Waals surface area contributed by atoms with Crippen molar-refractivity contribution in [1.29, 1.82) is 0 Å². The normalized spacial score (nSPS) is 10.5. The minimum Gasteiger partial charge on any atom is -0.391 e. The first-order valence-electron chi connectivity index (χ1n) is 4.90. The zero-order valence-corrected chi connectivity index (χ0v) is 10.2. The number of rotatable bonds is 2. The average molecular weight is 270 g/mol. The van der Waals surface area contributed by atoms with Gasteiger partial charge < -0.3 is 10.1 Å². The molecule has 0 aliphatic rings. The van der Waals surface area contributed by atoms with Gasteiger partial charge in [0.05, 0.1) is 6.61 Å². The van der Waals surface area contributed by atoms with Crippen LogP contribution in [0.3, 0.4) is 0 Å². The summed E-state index contributed by atoms with van der Waals surface area (Å²) in [4.78, 5) is 13.9. The van der Waals surface area contributed by atoms with Gasteiger partial charge in [0.25, 0.3) is 5.56 Å². The molecule has 0 aliphatic heterocycles. The molecule has 1 aromatic heterocycles. The summed E-state index contributed by atoms with van der Waals surface area (Å²) in [5.41, 5.74) is 1.27. The highest BCUT2D eigenvalue weighted by molar-refractivity contribution is 6.39. The van der Waals surface area contributed by atoms with Crippen LogP contribution in [0, 0.1) is 0 Å². The molecule has 0 saturated heterocycles. The van der Waals surface area contributed by atoms with E-state index in [1.54, 1.807) is 24.3 Å². The van der Waals surface area contributed by atoms with Crippen molar-refractivity contribution in [2.45, 2.75) is 6.61 Å². The molecule has 0 bridgehead atoms. The first-order chi connectivity index (χ1) is 8.13. The number of hydrogen-bond acceptors (Lipinski definition) is 2. The quantitative estimate of drug-likeness (QED) is 0.881. The fourth-order valence-corrected chi connectivity index (χ4v) is 2.18. The van der Waals surface area contributed by atoms with Crippen LogP contribution in [0.5, 0.6) is 0 Å². The van der Waals surface area contributed by atoms with E-state index < -0.39 is 0 Å². The van der Waals surface area contributed by atoms with Crippen LogP contribution in [-0.4, -0.2) is 10.1 Å². The molecule has 1 aromatic carbocycles. The van der Waals surface area contributed by atoms with Crippen LogP contribution in [0.15, 0.2) is 35.3 Å². The molecule has 0 unspecified atom stereocenters. The molecule has 0 spiro atoms. The molecule has 3 nitrogen and oxygen atoms in total. The van der Waals surface area contributed by atoms with Crippen LogP contribution < -0.4 is 5.56 Å². The predicted molar refractivity (Wildman–Crippen MR) is 68.4 cm³/mol. The van der Waals surface area contributed by atoms with Gasteiger partial charge in [0.15, 0.2) is 0 Å². The first-order valence-corrected chi connectivity index (χ1v) is 5.66. The van der Waals surface area contributed by atoms with Gasteiger partial charge in [-0.2, -0.15) is 0 Å². The SMILES string of the molecule is O=c1[nH]cc(-c2c(Cl)cccc2Cl)cc1CO. The summed E-state index contributed by atoms with van der Waals surface area (Å²) in [6, 6.07) is 6.75. The van der Waals surface area contributed by atoms with Gasteiger partial charge in [-0.05, 0) is 18.2 Å². The molecule has 0 aliphatic carbocycles. The first kappa shape index (κ1) is 12.2. The number of aliphatic hydroxyl groups excluding tert-OH is 1. The van der Waals surface area contributed by atoms with Crippen molar-refractivity contribution in [2.75, 3.05) is 0 Å². The monoisotopic (exact) mass is 269 g/mol. The Hall–Kier alpha value is -1.29. The largest absolute Gasteiger partial charge is 0.391 e. The minimum absolute atomic E-state index is 0.276. The summed E-state index contributed by atoms with van der Waals surface area (Å²) in [6.07, 6.45) is 1.52. The fraction of sp³-hybridized carbons (Fsp3) is 0.0833. The zero-order chi connectivity index (χ0) is 12.4. The standard InChI is InChI=1S/C12H9Cl2NO2/c13-9-2-1-3-10(14)11(9)7-4-8(6-16)12(17)15-5-7/h1-5,16H,6H2,(H,15,17). The van der Waals surface area contributed by atoms with Crippen molar-refractivity contribution < 1.29 is 5.11 Å². The van der Waals surface area contributed by atoms with Gasteiger partial charge >= 0.3 is 0 Å². The Morgan fingerprint density at radius 2 is 1.88 bits per heavy atom. The maximum Gasteiger partial charge on any atom is 0.253 e. The van der Waals surface area contributed by atoms with Crippen molar-refractivity contribution in [3.8, 4) is 11.1 Å². The second-order valence-corrected chi connectivity index (χ2v) is 4.31. The molecule has 1 heterocycles. The van der Waals surface area contributed by atoms with E-state index in [9.17, 15) is 4.79 Å². The van der Waals surface area contributed by atoms with Crippen LogP contribution in [0.4, 0.5) is 0 Å². The lowest BCUT2D eigenvalue weighted by Gasteiger charge is -2.07. The van der Waals surface area contributed by atoms with E-state index in [2.05, 4.69) is 4.98 Å². The maximum absolute atomic E-state index is 11.3. The van der Waals surface area contributed by atoms with E-state index in [-0.39, 0.29) is 17.7 Å². The highest BCUT2D eigenvalue weighted by Gasteiger charge is 2.10. The number of pyridine rings is 1. The van der Waals surface area contributed by atoms with Crippen molar-refractivity contribution in [1.82, 2.24) is 4.98 Å². The van der Waals surface area contributed by atoms with Gasteiger partial charge in [0, 0.05) is 32.9 Å². The van der Waals surface area contributed by atoms with Gasteiger partial charge in [-0.1, -0.05) is 29.3 Å². The van der Waals surface area contributed by atoms with E-state index in [0.29, 0.717) is 21.2 Å². The van der Waals surface area contributed by atoms with Crippen LogP contribution in [0.1, 0.15) is 5.56 Å². The number of aromatic amines is 1. The van der Waals surface area contributed by atoms with E-state index in [1.165, 1.54) is 6.20 Å². The van der Waals surface area contributed by atoms with Crippen molar-refractivity contribution >= 4 is 23.2 Å². The lowest BCUT2D eigenvalue weighted by molar-refractivity contribution is 0.280. The number of benzene rings is 1. The van der Waals surface area contributed by atoms with Gasteiger partial charge in [0.1, 0.15) is 0 Å². The molecule has 0 radical (unpaired) electrons. The average Bonchev–Trinajstić information content (AvgIpc) is 2.31. The highest BCUT2D eigenvalue weighted by Crippen LogP contribution is 2.33. The number of nitrogens with one attached hydrogen (secondary N) is 1. The number of aliphatic hydroxyl groups is 1. The summed E-state index contributed by atoms with van der Waals surface area (Å²) >= 11 is 12.1. The number of H-pyrrole nitrogens is 1. The maximum atomic E-state index is 11.3. The number of hydrogen-bond donors (Lipinski definition) is 2. The molecule has 2 N–H and O–H groups in total. The zero-order valence-electron chi connectivity index (χ0n) is 8.71. The summed E-state index contributed by atoms with van der Waals surface area (Å²) < 4.78 is 0. The summed E-state index contributed by atoms with van der Waals surface area (Å²) in [5.74, 6) is 0. The third-order valence-electron chi connectivity index (χ3n) is 2.40. The van der Waals surface area contributed by atoms with Crippen LogP contribution in [-0.2, 0) is 6.61 Å². The minimum atomic E-state index is -0.328. The van der Waals surface area contributed by atoms with E-state index in [1.807, 2.05) is 0 Å². The highest BCUT2D eigenvalue weighted by atomic mass is 35.5. The topological polar surface area (TPSA) is 53.1 Å². The van der Waals surface area contributed by atoms with Gasteiger partial charge in [0.2, 0.25) is 0 Å². The third-order valence-corrected chi connectivity index (χ3v) is 3.03. The Morgan fingerprint density at radius 1 is 1.24 bits per heavy atom. The molecule has 2 aromatic rings. The molecule has 0 fully saturated rings. The van der Waals surface area contributed by atoms with Crippen LogP contribution in [0.2, 0.25) is 10.0 Å². The Labute approximate surface area is 108 Å². The summed E-state index contributed by atoms with van der Waals surface area (Å²) in [6.45, 7) is -0.328. The molecule has 0 saturated carbocycles. The molecule has 2 rings (SSSR count). The Bertz CT molecular complexity index is 587. The van der Waals surface area contributed by atoms with Crippen LogP contribution in [0.25, 0.3) is 11.1 Å². The Kier molecular flexibility index (Phi) is 3.52. The predicted octanol–water partition coefficient (Wildman–Crippen LogP) is 2.84. The Balaban J connectivity index is 2.65. The number of aromatic nitrogens is 1. The Morgan fingerprint density at radius 3 is 2.47 bits per heavy atom. The van der Waals surface area contributed by atoms with Crippen molar-refractivity contribution in [2.24, 2.45) is 0 Å². The van der Waals surface area contributed by atoms with E-state index in [0.717, 1.165) is 0 Å². The molecule has 0 atom stereocenters. The molecule has 88 valence electrons. The van der Waals surface area contributed by atoms with Gasteiger partial charge in [-0.3, -0.25) is 4.79 Å². The smallest absolute Gasteiger partial charge is 0.253 e. The molecule has 0 amide bonds. The summed E-state index contributed by atoms with van der Waals surface area (Å²) in [5, 5.41) is 10.0. The summed E-state index contributed by atoms with van der Waals surface area (Å²) in [7, 11) is 0. The molecular weight excluding hydrogens is 261 g/mol.